The Balaban J connectivity index is 1.48. The monoisotopic (exact) mass is 558 g/mol. The summed E-state index contributed by atoms with van der Waals surface area (Å²) in [6.07, 6.45) is 8.50. The summed E-state index contributed by atoms with van der Waals surface area (Å²) < 4.78 is 35.7. The molecule has 6 rings (SSSR count). The maximum absolute atomic E-state index is 15.4. The Hall–Kier alpha value is -3.27. The maximum Gasteiger partial charge on any atom is 0.490 e. The van der Waals surface area contributed by atoms with Crippen LogP contribution in [-0.2, 0) is 18.8 Å². The summed E-state index contributed by atoms with van der Waals surface area (Å²) in [4.78, 5) is 11.0. The summed E-state index contributed by atoms with van der Waals surface area (Å²) >= 11 is 0. The van der Waals surface area contributed by atoms with Gasteiger partial charge in [-0.2, -0.15) is 4.39 Å². The molecular weight excluding hydrogens is 522 g/mol. The summed E-state index contributed by atoms with van der Waals surface area (Å²) in [7, 11) is -0.492. The number of halogens is 1. The smallest absolute Gasteiger partial charge is 0.478 e. The normalized spacial score (nSPS) is 22.1. The van der Waals surface area contributed by atoms with Crippen LogP contribution in [0.1, 0.15) is 75.3 Å². The van der Waals surface area contributed by atoms with Crippen molar-refractivity contribution in [3.05, 3.63) is 76.7 Å². The highest BCUT2D eigenvalue weighted by atomic mass is 19.1. The van der Waals surface area contributed by atoms with Crippen LogP contribution in [0.3, 0.4) is 0 Å². The first-order valence-electron chi connectivity index (χ1n) is 14.6. The summed E-state index contributed by atoms with van der Waals surface area (Å²) in [5.41, 5.74) is 5.29. The third-order valence-electron chi connectivity index (χ3n) is 8.33. The quantitative estimate of drug-likeness (QED) is 0.258. The standard InChI is InChI=1S/C32H36BFN2O5/c1-32(2)19-40-33(41-20-32)30(23-6-5-7-23)29(22-12-9-21(10-13-22)11-16-28(37)38)24-14-15-26-25(18-24)31(34)35-36(26)27-8-3-4-17-39-27/h9-16,18,23,27H,3-8,17,19-20H2,1-2H3,(H,37,38)/b16-11?,30-29-. The zero-order valence-electron chi connectivity index (χ0n) is 23.6. The Morgan fingerprint density at radius 2 is 1.78 bits per heavy atom. The number of carbonyl (C=O) groups is 1. The second-order valence-electron chi connectivity index (χ2n) is 12.2. The number of hydrogen-bond acceptors (Lipinski definition) is 5. The highest BCUT2D eigenvalue weighted by molar-refractivity contribution is 6.56. The predicted molar refractivity (Wildman–Crippen MR) is 156 cm³/mol. The van der Waals surface area contributed by atoms with Crippen molar-refractivity contribution in [3.8, 4) is 0 Å². The van der Waals surface area contributed by atoms with Gasteiger partial charge in [0.15, 0.2) is 6.23 Å². The Bertz CT molecular complexity index is 1480. The number of aromatic nitrogens is 2. The van der Waals surface area contributed by atoms with E-state index in [0.717, 1.165) is 72.3 Å². The molecule has 9 heteroatoms. The van der Waals surface area contributed by atoms with E-state index in [1.165, 1.54) is 0 Å². The van der Waals surface area contributed by atoms with Crippen LogP contribution in [0.5, 0.6) is 0 Å². The van der Waals surface area contributed by atoms with E-state index in [1.807, 2.05) is 42.5 Å². The van der Waals surface area contributed by atoms with E-state index in [4.69, 9.17) is 19.2 Å². The minimum Gasteiger partial charge on any atom is -0.478 e. The molecule has 41 heavy (non-hydrogen) atoms. The van der Waals surface area contributed by atoms with Gasteiger partial charge in [-0.15, -0.1) is 5.10 Å². The minimum absolute atomic E-state index is 0.0721. The predicted octanol–water partition coefficient (Wildman–Crippen LogP) is 6.67. The Morgan fingerprint density at radius 3 is 2.41 bits per heavy atom. The van der Waals surface area contributed by atoms with Crippen LogP contribution in [0.4, 0.5) is 4.39 Å². The SMILES string of the molecule is CC1(C)COB(/C(=C(/c2ccc(C=CC(=O)O)cc2)c2ccc3c(c2)c(F)nn3C2CCCCO2)C2CCC2)OC1. The topological polar surface area (TPSA) is 82.8 Å². The lowest BCUT2D eigenvalue weighted by Gasteiger charge is -2.39. The van der Waals surface area contributed by atoms with E-state index in [9.17, 15) is 4.79 Å². The fraction of sp³-hybridized carbons (Fsp3) is 0.438. The largest absolute Gasteiger partial charge is 0.490 e. The van der Waals surface area contributed by atoms with Crippen molar-refractivity contribution < 1.29 is 28.3 Å². The molecule has 0 spiro atoms. The van der Waals surface area contributed by atoms with Crippen molar-refractivity contribution in [3.63, 3.8) is 0 Å². The number of rotatable bonds is 7. The molecule has 2 saturated heterocycles. The highest BCUT2D eigenvalue weighted by Gasteiger charge is 2.41. The molecule has 214 valence electrons. The third kappa shape index (κ3) is 5.89. The van der Waals surface area contributed by atoms with Crippen molar-refractivity contribution in [2.75, 3.05) is 19.8 Å². The number of carboxylic acid groups (broad SMARTS) is 1. The van der Waals surface area contributed by atoms with E-state index in [0.29, 0.717) is 36.6 Å². The number of aliphatic carboxylic acids is 1. The highest BCUT2D eigenvalue weighted by Crippen LogP contribution is 2.43. The number of nitrogens with zero attached hydrogens (tertiary/aromatic N) is 2. The van der Waals surface area contributed by atoms with Crippen molar-refractivity contribution in [1.82, 2.24) is 9.78 Å². The summed E-state index contributed by atoms with van der Waals surface area (Å²) in [5.74, 6) is -1.21. The molecule has 0 amide bonds. The molecule has 7 nitrogen and oxygen atoms in total. The van der Waals surface area contributed by atoms with Crippen molar-refractivity contribution >= 4 is 35.6 Å². The molecule has 1 atom stereocenters. The van der Waals surface area contributed by atoms with Crippen molar-refractivity contribution in [2.24, 2.45) is 11.3 Å². The first kappa shape index (κ1) is 27.9. The van der Waals surface area contributed by atoms with Crippen LogP contribution in [0.2, 0.25) is 0 Å². The summed E-state index contributed by atoms with van der Waals surface area (Å²) in [6, 6.07) is 13.6. The average molecular weight is 558 g/mol. The molecule has 3 fully saturated rings. The van der Waals surface area contributed by atoms with E-state index in [2.05, 4.69) is 18.9 Å². The average Bonchev–Trinajstić information content (AvgIpc) is 3.27. The van der Waals surface area contributed by atoms with E-state index < -0.39 is 19.0 Å². The van der Waals surface area contributed by atoms with Gasteiger partial charge in [0.1, 0.15) is 0 Å². The number of allylic oxidation sites excluding steroid dienone is 1. The molecule has 3 aliphatic rings. The van der Waals surface area contributed by atoms with Gasteiger partial charge in [0.2, 0.25) is 5.95 Å². The minimum atomic E-state index is -0.994. The van der Waals surface area contributed by atoms with E-state index >= 15 is 4.39 Å². The van der Waals surface area contributed by atoms with Gasteiger partial charge in [-0.05, 0) is 84.0 Å². The van der Waals surface area contributed by atoms with Gasteiger partial charge in [-0.3, -0.25) is 0 Å². The van der Waals surface area contributed by atoms with Gasteiger partial charge in [-0.25, -0.2) is 9.48 Å². The molecule has 1 N–H and O–H groups in total. The molecule has 2 aliphatic heterocycles. The van der Waals surface area contributed by atoms with Gasteiger partial charge in [0.25, 0.3) is 0 Å². The molecular formula is C32H36BFN2O5. The number of ether oxygens (including phenoxy) is 1. The lowest BCUT2D eigenvalue weighted by Crippen LogP contribution is -2.44. The summed E-state index contributed by atoms with van der Waals surface area (Å²) in [5, 5.41) is 13.7. The molecule has 1 saturated carbocycles. The Labute approximate surface area is 240 Å². The summed E-state index contributed by atoms with van der Waals surface area (Å²) in [6.45, 7) is 6.08. The zero-order chi connectivity index (χ0) is 28.6. The van der Waals surface area contributed by atoms with Gasteiger partial charge < -0.3 is 19.2 Å². The molecule has 0 bridgehead atoms. The molecule has 3 aromatic rings. The van der Waals surface area contributed by atoms with Gasteiger partial charge in [0, 0.05) is 31.3 Å². The molecule has 1 aliphatic carbocycles. The fourth-order valence-corrected chi connectivity index (χ4v) is 5.93. The van der Waals surface area contributed by atoms with Crippen LogP contribution in [0.25, 0.3) is 22.6 Å². The number of carboxylic acids is 1. The molecule has 2 aromatic carbocycles. The first-order chi connectivity index (χ1) is 19.8. The van der Waals surface area contributed by atoms with Crippen LogP contribution in [0, 0.1) is 17.3 Å². The molecule has 3 heterocycles. The van der Waals surface area contributed by atoms with E-state index in [-0.39, 0.29) is 11.6 Å². The van der Waals surface area contributed by atoms with Crippen molar-refractivity contribution in [2.45, 2.75) is 58.6 Å². The molecule has 1 aromatic heterocycles. The maximum atomic E-state index is 15.4. The lowest BCUT2D eigenvalue weighted by atomic mass is 9.59. The van der Waals surface area contributed by atoms with E-state index in [1.54, 1.807) is 10.8 Å². The first-order valence-corrected chi connectivity index (χ1v) is 14.6. The van der Waals surface area contributed by atoms with Gasteiger partial charge in [0.05, 0.1) is 10.9 Å². The number of benzene rings is 2. The Kier molecular flexibility index (Phi) is 7.85. The molecule has 1 unspecified atom stereocenters. The van der Waals surface area contributed by atoms with Gasteiger partial charge in [-0.1, -0.05) is 50.6 Å². The van der Waals surface area contributed by atoms with Crippen LogP contribution in [0.15, 0.2) is 54.0 Å². The number of fused-ring (bicyclic) bond motifs is 1. The van der Waals surface area contributed by atoms with Crippen molar-refractivity contribution in [1.29, 1.82) is 0 Å². The zero-order valence-corrected chi connectivity index (χ0v) is 23.6. The second-order valence-corrected chi connectivity index (χ2v) is 12.2. The number of hydrogen-bond donors (Lipinski definition) is 1. The van der Waals surface area contributed by atoms with Crippen LogP contribution in [-0.4, -0.2) is 47.8 Å². The molecule has 0 radical (unpaired) electrons. The Morgan fingerprint density at radius 1 is 1.05 bits per heavy atom. The second kappa shape index (κ2) is 11.5. The van der Waals surface area contributed by atoms with Gasteiger partial charge >= 0.3 is 13.1 Å². The fourth-order valence-electron chi connectivity index (χ4n) is 5.93. The van der Waals surface area contributed by atoms with Crippen LogP contribution < -0.4 is 0 Å². The third-order valence-corrected chi connectivity index (χ3v) is 8.33. The van der Waals surface area contributed by atoms with Crippen LogP contribution >= 0.6 is 0 Å². The lowest BCUT2D eigenvalue weighted by molar-refractivity contribution is -0.131.